The zero-order valence-corrected chi connectivity index (χ0v) is 7.83. The first kappa shape index (κ1) is 7.74. The minimum atomic E-state index is 1.02. The summed E-state index contributed by atoms with van der Waals surface area (Å²) in [7, 11) is 4.66. The third-order valence-electron chi connectivity index (χ3n) is 1.77. The first-order chi connectivity index (χ1) is 4.66. The molecule has 0 aromatic carbocycles. The van der Waals surface area contributed by atoms with Crippen molar-refractivity contribution in [3.05, 3.63) is 11.3 Å². The van der Waals surface area contributed by atoms with Gasteiger partial charge in [-0.3, -0.25) is 4.68 Å². The molecule has 56 valence electrons. The highest BCUT2D eigenvalue weighted by Crippen LogP contribution is 2.05. The Balaban J connectivity index is 3.17. The molecule has 1 aromatic heterocycles. The average molecular weight is 156 g/mol. The molecule has 0 aliphatic heterocycles. The van der Waals surface area contributed by atoms with Gasteiger partial charge in [0.25, 0.3) is 0 Å². The summed E-state index contributed by atoms with van der Waals surface area (Å²) in [4.78, 5) is 0. The van der Waals surface area contributed by atoms with Crippen LogP contribution in [0.3, 0.4) is 0 Å². The Morgan fingerprint density at radius 2 is 2.20 bits per heavy atom. The van der Waals surface area contributed by atoms with Gasteiger partial charge in [0.05, 0.1) is 11.1 Å². The molecule has 0 saturated carbocycles. The Hall–Kier alpha value is -0.360. The monoisotopic (exact) mass is 156 g/mol. The van der Waals surface area contributed by atoms with Crippen molar-refractivity contribution in [2.24, 2.45) is 7.05 Å². The van der Waals surface area contributed by atoms with E-state index >= 15 is 0 Å². The lowest BCUT2D eigenvalue weighted by Gasteiger charge is -1.91. The fourth-order valence-corrected chi connectivity index (χ4v) is 1.26. The third-order valence-corrected chi connectivity index (χ3v) is 2.58. The summed E-state index contributed by atoms with van der Waals surface area (Å²) in [6.07, 6.45) is 1.02. The van der Waals surface area contributed by atoms with Crippen molar-refractivity contribution in [2.45, 2.75) is 20.3 Å². The molecule has 1 atom stereocenters. The maximum Gasteiger partial charge on any atom is 0.0657 e. The van der Waals surface area contributed by atoms with Crippen LogP contribution in [0.5, 0.6) is 0 Å². The quantitative estimate of drug-likeness (QED) is 0.550. The molecule has 0 radical (unpaired) electrons. The molecule has 3 heteroatoms. The van der Waals surface area contributed by atoms with E-state index in [0.717, 1.165) is 6.42 Å². The molecular formula is C7H13N2P. The largest absolute Gasteiger partial charge is 0.268 e. The van der Waals surface area contributed by atoms with Crippen LogP contribution in [0.4, 0.5) is 0 Å². The Kier molecular flexibility index (Phi) is 2.10. The normalized spacial score (nSPS) is 10.4. The second-order valence-corrected chi connectivity index (χ2v) is 2.98. The minimum absolute atomic E-state index is 1.02. The van der Waals surface area contributed by atoms with Gasteiger partial charge in [0.1, 0.15) is 0 Å². The van der Waals surface area contributed by atoms with Crippen LogP contribution in [0, 0.1) is 6.92 Å². The molecule has 1 rings (SSSR count). The van der Waals surface area contributed by atoms with E-state index in [0.29, 0.717) is 0 Å². The Labute approximate surface area is 63.8 Å². The van der Waals surface area contributed by atoms with Gasteiger partial charge in [-0.25, -0.2) is 0 Å². The molecule has 0 bridgehead atoms. The van der Waals surface area contributed by atoms with Gasteiger partial charge in [-0.1, -0.05) is 16.2 Å². The third kappa shape index (κ3) is 1.08. The van der Waals surface area contributed by atoms with Crippen LogP contribution in [0.15, 0.2) is 0 Å². The van der Waals surface area contributed by atoms with Crippen LogP contribution >= 0.6 is 9.24 Å². The van der Waals surface area contributed by atoms with Crippen LogP contribution in [0.1, 0.15) is 18.2 Å². The highest BCUT2D eigenvalue weighted by Gasteiger charge is 2.04. The molecule has 0 saturated heterocycles. The second kappa shape index (κ2) is 2.71. The molecule has 0 spiro atoms. The molecule has 1 heterocycles. The van der Waals surface area contributed by atoms with E-state index in [4.69, 9.17) is 0 Å². The SMILES string of the molecule is CCc1nn(C)c(P)c1C. The van der Waals surface area contributed by atoms with Crippen LogP contribution < -0.4 is 5.44 Å². The van der Waals surface area contributed by atoms with E-state index in [1.165, 1.54) is 16.7 Å². The van der Waals surface area contributed by atoms with Crippen LogP contribution in [-0.4, -0.2) is 9.78 Å². The lowest BCUT2D eigenvalue weighted by molar-refractivity contribution is 0.765. The summed E-state index contributed by atoms with van der Waals surface area (Å²) >= 11 is 0. The van der Waals surface area contributed by atoms with Crippen molar-refractivity contribution in [1.29, 1.82) is 0 Å². The first-order valence-corrected chi connectivity index (χ1v) is 4.02. The summed E-state index contributed by atoms with van der Waals surface area (Å²) in [5, 5.41) is 4.32. The van der Waals surface area contributed by atoms with Crippen molar-refractivity contribution >= 4 is 14.7 Å². The van der Waals surface area contributed by atoms with Gasteiger partial charge in [0, 0.05) is 7.05 Å². The molecule has 2 nitrogen and oxygen atoms in total. The molecule has 0 aliphatic carbocycles. The molecule has 0 fully saturated rings. The lowest BCUT2D eigenvalue weighted by Crippen LogP contribution is -2.06. The summed E-state index contributed by atoms with van der Waals surface area (Å²) in [5.74, 6) is 0. The summed E-state index contributed by atoms with van der Waals surface area (Å²) in [6, 6.07) is 0. The van der Waals surface area contributed by atoms with E-state index in [9.17, 15) is 0 Å². The van der Waals surface area contributed by atoms with Crippen molar-refractivity contribution in [2.75, 3.05) is 0 Å². The maximum atomic E-state index is 4.32. The highest BCUT2D eigenvalue weighted by molar-refractivity contribution is 7.27. The van der Waals surface area contributed by atoms with Crippen molar-refractivity contribution in [3.63, 3.8) is 0 Å². The van der Waals surface area contributed by atoms with Gasteiger partial charge in [0.15, 0.2) is 0 Å². The zero-order valence-electron chi connectivity index (χ0n) is 6.68. The molecule has 1 unspecified atom stereocenters. The maximum absolute atomic E-state index is 4.32. The fourth-order valence-electron chi connectivity index (χ4n) is 1.04. The van der Waals surface area contributed by atoms with Gasteiger partial charge in [-0.15, -0.1) is 0 Å². The highest BCUT2D eigenvalue weighted by atomic mass is 31.0. The van der Waals surface area contributed by atoms with Crippen LogP contribution in [-0.2, 0) is 13.5 Å². The summed E-state index contributed by atoms with van der Waals surface area (Å²) in [5.41, 5.74) is 3.69. The number of aromatic nitrogens is 2. The number of hydrogen-bond donors (Lipinski definition) is 0. The summed E-state index contributed by atoms with van der Waals surface area (Å²) in [6.45, 7) is 4.23. The Morgan fingerprint density at radius 3 is 2.40 bits per heavy atom. The van der Waals surface area contributed by atoms with Gasteiger partial charge in [-0.05, 0) is 18.9 Å². The molecular weight excluding hydrogens is 143 g/mol. The smallest absolute Gasteiger partial charge is 0.0657 e. The van der Waals surface area contributed by atoms with E-state index in [2.05, 4.69) is 28.2 Å². The van der Waals surface area contributed by atoms with Crippen molar-refractivity contribution in [3.8, 4) is 0 Å². The predicted octanol–water partition coefficient (Wildman–Crippen LogP) is 0.791. The minimum Gasteiger partial charge on any atom is -0.268 e. The average Bonchev–Trinajstić information content (AvgIpc) is 2.17. The Bertz CT molecular complexity index is 240. The fraction of sp³-hybridized carbons (Fsp3) is 0.571. The van der Waals surface area contributed by atoms with E-state index in [1.54, 1.807) is 0 Å². The van der Waals surface area contributed by atoms with E-state index in [-0.39, 0.29) is 0 Å². The number of rotatable bonds is 1. The van der Waals surface area contributed by atoms with Gasteiger partial charge < -0.3 is 0 Å². The van der Waals surface area contributed by atoms with Gasteiger partial charge in [0.2, 0.25) is 0 Å². The number of hydrogen-bond acceptors (Lipinski definition) is 1. The predicted molar refractivity (Wildman–Crippen MR) is 46.7 cm³/mol. The van der Waals surface area contributed by atoms with E-state index in [1.807, 2.05) is 11.7 Å². The van der Waals surface area contributed by atoms with E-state index < -0.39 is 0 Å². The molecule has 0 aliphatic rings. The standard InChI is InChI=1S/C7H13N2P/c1-4-6-5(2)7(10)9(3)8-6/h4,10H2,1-3H3. The zero-order chi connectivity index (χ0) is 7.72. The van der Waals surface area contributed by atoms with Crippen molar-refractivity contribution in [1.82, 2.24) is 9.78 Å². The lowest BCUT2D eigenvalue weighted by atomic mass is 10.2. The number of nitrogens with zero attached hydrogens (tertiary/aromatic N) is 2. The molecule has 1 aromatic rings. The topological polar surface area (TPSA) is 17.8 Å². The van der Waals surface area contributed by atoms with Gasteiger partial charge in [-0.2, -0.15) is 5.10 Å². The van der Waals surface area contributed by atoms with Crippen LogP contribution in [0.25, 0.3) is 0 Å². The van der Waals surface area contributed by atoms with Crippen molar-refractivity contribution < 1.29 is 0 Å². The molecule has 10 heavy (non-hydrogen) atoms. The Morgan fingerprint density at radius 1 is 1.60 bits per heavy atom. The van der Waals surface area contributed by atoms with Gasteiger partial charge >= 0.3 is 0 Å². The molecule has 0 amide bonds. The summed E-state index contributed by atoms with van der Waals surface area (Å²) < 4.78 is 1.90. The van der Waals surface area contributed by atoms with Crippen LogP contribution in [0.2, 0.25) is 0 Å². The first-order valence-electron chi connectivity index (χ1n) is 3.44. The second-order valence-electron chi connectivity index (χ2n) is 2.43. The molecule has 0 N–H and O–H groups in total. The number of aryl methyl sites for hydroxylation is 2.